The molecule has 0 fully saturated rings. The Bertz CT molecular complexity index is 225. The van der Waals surface area contributed by atoms with Crippen molar-refractivity contribution in [2.24, 2.45) is 0 Å². The van der Waals surface area contributed by atoms with Crippen LogP contribution in [0.15, 0.2) is 0 Å². The first-order valence-corrected chi connectivity index (χ1v) is 3.21. The van der Waals surface area contributed by atoms with Gasteiger partial charge in [-0.15, -0.1) is 0 Å². The number of hydrogen-bond donors (Lipinski definition) is 0. The molecule has 0 amide bonds. The van der Waals surface area contributed by atoms with Crippen molar-refractivity contribution in [3.63, 3.8) is 0 Å². The lowest BCUT2D eigenvalue weighted by atomic mass is 10.0. The summed E-state index contributed by atoms with van der Waals surface area (Å²) < 4.78 is 120. The van der Waals surface area contributed by atoms with E-state index in [1.165, 1.54) is 0 Å². The maximum absolute atomic E-state index is 12.5. The highest BCUT2D eigenvalue weighted by Crippen LogP contribution is 2.54. The molecule has 0 radical (unpaired) electrons. The molecule has 16 heavy (non-hydrogen) atoms. The van der Waals surface area contributed by atoms with Crippen LogP contribution in [-0.2, 0) is 4.74 Å². The Balaban J connectivity index is 5.61. The molecule has 0 saturated carbocycles. The summed E-state index contributed by atoms with van der Waals surface area (Å²) in [6, 6.07) is 0. The zero-order chi connectivity index (χ0) is 13.4. The minimum atomic E-state index is -7.01. The molecule has 0 unspecified atom stereocenters. The van der Waals surface area contributed by atoms with Crippen molar-refractivity contribution >= 4 is 0 Å². The van der Waals surface area contributed by atoms with Gasteiger partial charge in [0.05, 0.1) is 0 Å². The van der Waals surface area contributed by atoms with Gasteiger partial charge in [-0.05, 0) is 0 Å². The van der Waals surface area contributed by atoms with Crippen LogP contribution in [0.1, 0.15) is 0 Å². The Hall–Kier alpha value is -0.740. The minimum Gasteiger partial charge on any atom is -0.285 e. The third kappa shape index (κ3) is 2.18. The van der Waals surface area contributed by atoms with E-state index in [-0.39, 0.29) is 0 Å². The molecule has 11 heteroatoms. The van der Waals surface area contributed by atoms with Crippen LogP contribution in [0.25, 0.3) is 0 Å². The van der Waals surface area contributed by atoms with Crippen LogP contribution in [0.2, 0.25) is 0 Å². The standard InChI is InChI=1S/C5H2F10O/c6-1-16-5(14,15)2(7,3(8,9)10)4(11,12)13/h1H2. The van der Waals surface area contributed by atoms with E-state index in [0.717, 1.165) is 0 Å². The van der Waals surface area contributed by atoms with E-state index in [0.29, 0.717) is 0 Å². The van der Waals surface area contributed by atoms with Crippen LogP contribution < -0.4 is 0 Å². The van der Waals surface area contributed by atoms with E-state index in [1.807, 2.05) is 0 Å². The quantitative estimate of drug-likeness (QED) is 0.713. The van der Waals surface area contributed by atoms with Crippen molar-refractivity contribution < 1.29 is 48.6 Å². The first-order chi connectivity index (χ1) is 6.81. The molecule has 98 valence electrons. The zero-order valence-corrected chi connectivity index (χ0v) is 6.89. The molecule has 0 atom stereocenters. The Kier molecular flexibility index (Phi) is 3.75. The van der Waals surface area contributed by atoms with Gasteiger partial charge >= 0.3 is 24.1 Å². The van der Waals surface area contributed by atoms with Crippen LogP contribution in [0, 0.1) is 0 Å². The number of rotatable bonds is 3. The normalized spacial score (nSPS) is 15.4. The molecule has 0 bridgehead atoms. The smallest absolute Gasteiger partial charge is 0.285 e. The number of hydrogen-bond acceptors (Lipinski definition) is 1. The van der Waals surface area contributed by atoms with Crippen molar-refractivity contribution in [2.45, 2.75) is 24.1 Å². The third-order valence-corrected chi connectivity index (χ3v) is 1.42. The zero-order valence-electron chi connectivity index (χ0n) is 6.89. The fourth-order valence-corrected chi connectivity index (χ4v) is 0.659. The fourth-order valence-electron chi connectivity index (χ4n) is 0.659. The Labute approximate surface area is 81.0 Å². The van der Waals surface area contributed by atoms with Gasteiger partial charge in [0.25, 0.3) is 0 Å². The molecule has 0 aromatic carbocycles. The van der Waals surface area contributed by atoms with Gasteiger partial charge in [0.15, 0.2) is 6.86 Å². The summed E-state index contributed by atoms with van der Waals surface area (Å²) in [7, 11) is 0. The average Bonchev–Trinajstić information content (AvgIpc) is 1.98. The lowest BCUT2D eigenvalue weighted by Crippen LogP contribution is -2.65. The van der Waals surface area contributed by atoms with Gasteiger partial charge in [-0.3, -0.25) is 4.74 Å². The highest BCUT2D eigenvalue weighted by atomic mass is 19.4. The van der Waals surface area contributed by atoms with Crippen LogP contribution in [0.5, 0.6) is 0 Å². The Morgan fingerprint density at radius 1 is 0.688 bits per heavy atom. The summed E-state index contributed by atoms with van der Waals surface area (Å²) in [5.41, 5.74) is -6.97. The molecule has 1 nitrogen and oxygen atoms in total. The maximum Gasteiger partial charge on any atom is 0.440 e. The van der Waals surface area contributed by atoms with Crippen LogP contribution in [-0.4, -0.2) is 31.0 Å². The molecule has 0 rings (SSSR count). The number of ether oxygens (including phenoxy) is 1. The first kappa shape index (κ1) is 15.3. The third-order valence-electron chi connectivity index (χ3n) is 1.42. The average molecular weight is 268 g/mol. The van der Waals surface area contributed by atoms with Crippen molar-refractivity contribution in [1.82, 2.24) is 0 Å². The first-order valence-electron chi connectivity index (χ1n) is 3.21. The molecule has 0 saturated heterocycles. The topological polar surface area (TPSA) is 9.23 Å². The Morgan fingerprint density at radius 2 is 1.00 bits per heavy atom. The van der Waals surface area contributed by atoms with Gasteiger partial charge in [0.1, 0.15) is 0 Å². The monoisotopic (exact) mass is 268 g/mol. The summed E-state index contributed by atoms with van der Waals surface area (Å²) in [5, 5.41) is 0. The molecule has 0 heterocycles. The van der Waals surface area contributed by atoms with Crippen LogP contribution in [0.3, 0.4) is 0 Å². The van der Waals surface area contributed by atoms with E-state index >= 15 is 0 Å². The largest absolute Gasteiger partial charge is 0.440 e. The van der Waals surface area contributed by atoms with Gasteiger partial charge in [0, 0.05) is 0 Å². The van der Waals surface area contributed by atoms with Gasteiger partial charge in [0.2, 0.25) is 0 Å². The van der Waals surface area contributed by atoms with Crippen molar-refractivity contribution in [3.8, 4) is 0 Å². The SMILES string of the molecule is FCOC(F)(F)C(F)(C(F)(F)F)C(F)(F)F. The molecular formula is C5H2F10O. The van der Waals surface area contributed by atoms with Gasteiger partial charge in [-0.25, -0.2) is 8.78 Å². The number of alkyl halides is 10. The van der Waals surface area contributed by atoms with Crippen molar-refractivity contribution in [2.75, 3.05) is 6.86 Å². The molecular weight excluding hydrogens is 266 g/mol. The molecule has 0 spiro atoms. The highest BCUT2D eigenvalue weighted by Gasteiger charge is 2.85. The molecule has 0 N–H and O–H groups in total. The predicted molar refractivity (Wildman–Crippen MR) is 28.0 cm³/mol. The molecule has 0 aromatic heterocycles. The fraction of sp³-hybridized carbons (Fsp3) is 1.00. The maximum atomic E-state index is 12.5. The highest BCUT2D eigenvalue weighted by molar-refractivity contribution is 5.01. The van der Waals surface area contributed by atoms with E-state index in [4.69, 9.17) is 0 Å². The molecule has 0 aromatic rings. The second-order valence-corrected chi connectivity index (χ2v) is 2.42. The van der Waals surface area contributed by atoms with Gasteiger partial charge < -0.3 is 0 Å². The summed E-state index contributed by atoms with van der Waals surface area (Å²) in [6.45, 7) is -2.72. The van der Waals surface area contributed by atoms with E-state index in [1.54, 1.807) is 0 Å². The van der Waals surface area contributed by atoms with Gasteiger partial charge in [-0.1, -0.05) is 0 Å². The lowest BCUT2D eigenvalue weighted by molar-refractivity contribution is -0.452. The molecule has 0 aliphatic carbocycles. The van der Waals surface area contributed by atoms with Crippen molar-refractivity contribution in [3.05, 3.63) is 0 Å². The minimum absolute atomic E-state index is 2.23. The van der Waals surface area contributed by atoms with E-state index < -0.39 is 31.0 Å². The summed E-state index contributed by atoms with van der Waals surface area (Å²) in [4.78, 5) is 0. The predicted octanol–water partition coefficient (Wildman–Crippen LogP) is 3.36. The summed E-state index contributed by atoms with van der Waals surface area (Å²) in [5.74, 6) is 0. The summed E-state index contributed by atoms with van der Waals surface area (Å²) in [6.07, 6.45) is -20.4. The lowest BCUT2D eigenvalue weighted by Gasteiger charge is -2.34. The van der Waals surface area contributed by atoms with Gasteiger partial charge in [-0.2, -0.15) is 35.1 Å². The van der Waals surface area contributed by atoms with E-state index in [9.17, 15) is 43.9 Å². The number of halogens is 10. The molecule has 0 aliphatic rings. The van der Waals surface area contributed by atoms with Crippen LogP contribution >= 0.6 is 0 Å². The van der Waals surface area contributed by atoms with Crippen LogP contribution in [0.4, 0.5) is 43.9 Å². The molecule has 0 aliphatic heterocycles. The summed E-state index contributed by atoms with van der Waals surface area (Å²) >= 11 is 0. The van der Waals surface area contributed by atoms with Crippen molar-refractivity contribution in [1.29, 1.82) is 0 Å². The van der Waals surface area contributed by atoms with E-state index in [2.05, 4.69) is 4.74 Å². The second-order valence-electron chi connectivity index (χ2n) is 2.42. The second kappa shape index (κ2) is 3.93. The Morgan fingerprint density at radius 3 is 1.19 bits per heavy atom.